The zero-order valence-corrected chi connectivity index (χ0v) is 21.3. The molecule has 2 aromatic carbocycles. The van der Waals surface area contributed by atoms with Gasteiger partial charge in [-0.3, -0.25) is 0 Å². The number of carbonyl (C=O) groups is 1. The number of benzene rings is 2. The summed E-state index contributed by atoms with van der Waals surface area (Å²) in [6.45, 7) is 7.14. The maximum Gasteiger partial charge on any atom is 0.416 e. The zero-order chi connectivity index (χ0) is 26.4. The number of nitrogens with zero attached hydrogens (tertiary/aromatic N) is 3. The number of halogens is 4. The molecule has 0 atom stereocenters. The molecule has 4 aromatic rings. The van der Waals surface area contributed by atoms with Gasteiger partial charge in [-0.25, -0.2) is 14.2 Å². The Bertz CT molecular complexity index is 1460. The summed E-state index contributed by atoms with van der Waals surface area (Å²) < 4.78 is 55.4. The van der Waals surface area contributed by atoms with Crippen molar-refractivity contribution in [1.29, 1.82) is 0 Å². The van der Waals surface area contributed by atoms with E-state index in [1.807, 2.05) is 13.8 Å². The number of aryl methyl sites for hydroxylation is 2. The highest BCUT2D eigenvalue weighted by atomic mass is 32.2. The van der Waals surface area contributed by atoms with E-state index in [2.05, 4.69) is 10.1 Å². The van der Waals surface area contributed by atoms with Crippen molar-refractivity contribution in [2.45, 2.75) is 43.3 Å². The van der Waals surface area contributed by atoms with Gasteiger partial charge in [-0.05, 0) is 49.2 Å². The first-order valence-electron chi connectivity index (χ1n) is 10.8. The van der Waals surface area contributed by atoms with E-state index >= 15 is 0 Å². The van der Waals surface area contributed by atoms with Crippen LogP contribution in [0.15, 0.2) is 46.7 Å². The van der Waals surface area contributed by atoms with Crippen LogP contribution >= 0.6 is 23.1 Å². The molecule has 0 bridgehead atoms. The molecule has 0 saturated carbocycles. The van der Waals surface area contributed by atoms with Gasteiger partial charge in [-0.2, -0.15) is 23.0 Å². The highest BCUT2D eigenvalue weighted by Gasteiger charge is 2.31. The summed E-state index contributed by atoms with van der Waals surface area (Å²) in [4.78, 5) is 17.0. The van der Waals surface area contributed by atoms with Gasteiger partial charge in [0.05, 0.1) is 21.2 Å². The second-order valence-corrected chi connectivity index (χ2v) is 11.2. The Balaban J connectivity index is 1.91. The number of hydrogen-bond donors (Lipinski definition) is 1. The summed E-state index contributed by atoms with van der Waals surface area (Å²) in [6, 6.07) is 9.04. The Labute approximate surface area is 212 Å². The summed E-state index contributed by atoms with van der Waals surface area (Å²) in [5.74, 6) is -1.78. The smallest absolute Gasteiger partial charge is 0.416 e. The molecule has 0 aliphatic carbocycles. The highest BCUT2D eigenvalue weighted by molar-refractivity contribution is 8.01. The van der Waals surface area contributed by atoms with Gasteiger partial charge in [0.15, 0.2) is 5.69 Å². The summed E-state index contributed by atoms with van der Waals surface area (Å²) in [5, 5.41) is 14.8. The molecule has 2 aromatic heterocycles. The molecule has 0 fully saturated rings. The third-order valence-corrected chi connectivity index (χ3v) is 7.54. The minimum Gasteiger partial charge on any atom is -0.476 e. The normalized spacial score (nSPS) is 11.9. The summed E-state index contributed by atoms with van der Waals surface area (Å²) in [5.41, 5.74) is 1.43. The quantitative estimate of drug-likeness (QED) is 0.203. The van der Waals surface area contributed by atoms with Crippen molar-refractivity contribution in [1.82, 2.24) is 14.8 Å². The lowest BCUT2D eigenvalue weighted by atomic mass is 10.0. The molecular formula is C25H21F4N3O2S2. The van der Waals surface area contributed by atoms with E-state index in [0.717, 1.165) is 16.3 Å². The highest BCUT2D eigenvalue weighted by Crippen LogP contribution is 2.42. The van der Waals surface area contributed by atoms with Crippen LogP contribution in [0.5, 0.6) is 0 Å². The average Bonchev–Trinajstić information content (AvgIpc) is 3.33. The van der Waals surface area contributed by atoms with Gasteiger partial charge >= 0.3 is 12.1 Å². The lowest BCUT2D eigenvalue weighted by Gasteiger charge is -2.11. The van der Waals surface area contributed by atoms with E-state index in [9.17, 15) is 27.5 Å². The van der Waals surface area contributed by atoms with Crippen molar-refractivity contribution in [2.24, 2.45) is 0 Å². The van der Waals surface area contributed by atoms with Crippen LogP contribution in [0.3, 0.4) is 0 Å². The summed E-state index contributed by atoms with van der Waals surface area (Å²) >= 11 is 2.67. The molecule has 1 N–H and O–H groups in total. The first-order valence-corrected chi connectivity index (χ1v) is 12.5. The van der Waals surface area contributed by atoms with Gasteiger partial charge < -0.3 is 5.11 Å². The standard InChI is InChI=1S/C25H21F4N3O2S2/c1-12(2)35-23-20(18-9-8-16(10-13(18)3)25(27,28)29)30-24(36-23)32-21(22(33)34)19(14(4)31-32)15-6-5-7-17(26)11-15/h5-12H,1-4H3,(H,33,34). The minimum absolute atomic E-state index is 0.132. The Morgan fingerprint density at radius 3 is 2.44 bits per heavy atom. The van der Waals surface area contributed by atoms with Crippen molar-refractivity contribution < 1.29 is 27.5 Å². The number of rotatable bonds is 6. The minimum atomic E-state index is -4.47. The van der Waals surface area contributed by atoms with Crippen molar-refractivity contribution in [3.8, 4) is 27.5 Å². The molecule has 0 unspecified atom stereocenters. The molecule has 0 aliphatic rings. The van der Waals surface area contributed by atoms with E-state index in [0.29, 0.717) is 28.1 Å². The predicted molar refractivity (Wildman–Crippen MR) is 132 cm³/mol. The monoisotopic (exact) mass is 535 g/mol. The number of alkyl halides is 3. The number of aromatic nitrogens is 3. The summed E-state index contributed by atoms with van der Waals surface area (Å²) in [6.07, 6.45) is -4.47. The largest absolute Gasteiger partial charge is 0.476 e. The molecule has 36 heavy (non-hydrogen) atoms. The van der Waals surface area contributed by atoms with Crippen molar-refractivity contribution in [3.05, 3.63) is 70.8 Å². The number of thioether (sulfide) groups is 1. The average molecular weight is 536 g/mol. The van der Waals surface area contributed by atoms with Crippen LogP contribution in [-0.2, 0) is 6.18 Å². The molecular weight excluding hydrogens is 514 g/mol. The van der Waals surface area contributed by atoms with Gasteiger partial charge in [-0.1, -0.05) is 43.4 Å². The SMILES string of the molecule is Cc1cc(C(F)(F)F)ccc1-c1nc(-n2nc(C)c(-c3cccc(F)c3)c2C(=O)O)sc1SC(C)C. The Hall–Kier alpha value is -3.18. The Morgan fingerprint density at radius 1 is 1.14 bits per heavy atom. The second-order valence-electron chi connectivity index (χ2n) is 8.36. The Kier molecular flexibility index (Phi) is 6.98. The van der Waals surface area contributed by atoms with Crippen molar-refractivity contribution in [2.75, 3.05) is 0 Å². The molecule has 0 saturated heterocycles. The van der Waals surface area contributed by atoms with Crippen LogP contribution in [0.4, 0.5) is 17.6 Å². The number of hydrogen-bond acceptors (Lipinski definition) is 5. The molecule has 5 nitrogen and oxygen atoms in total. The molecule has 0 amide bonds. The van der Waals surface area contributed by atoms with Crippen LogP contribution in [0, 0.1) is 19.7 Å². The van der Waals surface area contributed by atoms with Crippen LogP contribution < -0.4 is 0 Å². The van der Waals surface area contributed by atoms with Crippen LogP contribution in [-0.4, -0.2) is 31.1 Å². The summed E-state index contributed by atoms with van der Waals surface area (Å²) in [7, 11) is 0. The van der Waals surface area contributed by atoms with E-state index < -0.39 is 23.5 Å². The van der Waals surface area contributed by atoms with E-state index in [-0.39, 0.29) is 21.6 Å². The lowest BCUT2D eigenvalue weighted by Crippen LogP contribution is -2.09. The molecule has 0 spiro atoms. The fraction of sp³-hybridized carbons (Fsp3) is 0.240. The van der Waals surface area contributed by atoms with Crippen LogP contribution in [0.25, 0.3) is 27.5 Å². The number of carboxylic acid groups (broad SMARTS) is 1. The van der Waals surface area contributed by atoms with Gasteiger partial charge in [-0.15, -0.1) is 11.8 Å². The topological polar surface area (TPSA) is 68.0 Å². The number of aromatic carboxylic acids is 1. The maximum absolute atomic E-state index is 13.9. The fourth-order valence-corrected chi connectivity index (χ4v) is 6.27. The maximum atomic E-state index is 13.9. The van der Waals surface area contributed by atoms with E-state index in [1.165, 1.54) is 52.0 Å². The third kappa shape index (κ3) is 5.03. The zero-order valence-electron chi connectivity index (χ0n) is 19.6. The molecule has 0 radical (unpaired) electrons. The number of thiazole rings is 1. The van der Waals surface area contributed by atoms with Crippen molar-refractivity contribution >= 4 is 29.1 Å². The van der Waals surface area contributed by atoms with Crippen LogP contribution in [0.2, 0.25) is 0 Å². The van der Waals surface area contributed by atoms with Gasteiger partial charge in [0, 0.05) is 16.4 Å². The first-order chi connectivity index (χ1) is 16.9. The predicted octanol–water partition coefficient (Wildman–Crippen LogP) is 7.64. The molecule has 0 aliphatic heterocycles. The molecule has 4 rings (SSSR count). The second kappa shape index (κ2) is 9.70. The van der Waals surface area contributed by atoms with Crippen LogP contribution in [0.1, 0.15) is 41.2 Å². The van der Waals surface area contributed by atoms with E-state index in [4.69, 9.17) is 0 Å². The first kappa shape index (κ1) is 25.9. The van der Waals surface area contributed by atoms with Crippen molar-refractivity contribution in [3.63, 3.8) is 0 Å². The van der Waals surface area contributed by atoms with Gasteiger partial charge in [0.2, 0.25) is 5.13 Å². The lowest BCUT2D eigenvalue weighted by molar-refractivity contribution is -0.137. The third-order valence-electron chi connectivity index (χ3n) is 5.29. The molecule has 2 heterocycles. The van der Waals surface area contributed by atoms with Gasteiger partial charge in [0.25, 0.3) is 0 Å². The number of carboxylic acids is 1. The Morgan fingerprint density at radius 2 is 1.86 bits per heavy atom. The van der Waals surface area contributed by atoms with E-state index in [1.54, 1.807) is 19.9 Å². The van der Waals surface area contributed by atoms with Gasteiger partial charge in [0.1, 0.15) is 5.82 Å². The fourth-order valence-electron chi connectivity index (χ4n) is 3.81. The molecule has 11 heteroatoms. The molecule has 188 valence electrons.